The van der Waals surface area contributed by atoms with Crippen LogP contribution in [0.2, 0.25) is 0 Å². The number of likely N-dealkylation sites (N-methyl/N-ethyl adjacent to an activating group) is 1. The average molecular weight is 266 g/mol. The number of benzene rings is 1. The minimum atomic E-state index is 0.0500. The quantitative estimate of drug-likeness (QED) is 0.792. The van der Waals surface area contributed by atoms with Crippen molar-refractivity contribution in [2.75, 3.05) is 20.0 Å². The summed E-state index contributed by atoms with van der Waals surface area (Å²) in [6.45, 7) is 0.305. The molecule has 1 aromatic heterocycles. The fourth-order valence-electron chi connectivity index (χ4n) is 1.85. The lowest BCUT2D eigenvalue weighted by molar-refractivity contribution is -0.129. The van der Waals surface area contributed by atoms with Gasteiger partial charge in [-0.05, 0) is 12.1 Å². The molecule has 4 nitrogen and oxygen atoms in total. The molecule has 0 saturated carbocycles. The van der Waals surface area contributed by atoms with Crippen molar-refractivity contribution in [1.82, 2.24) is 14.5 Å². The normalized spacial score (nSPS) is 10.8. The van der Waals surface area contributed by atoms with Crippen LogP contribution < -0.4 is 0 Å². The summed E-state index contributed by atoms with van der Waals surface area (Å²) in [7, 11) is 3.51. The van der Waals surface area contributed by atoms with Crippen LogP contribution in [0.4, 0.5) is 0 Å². The molecule has 0 saturated heterocycles. The van der Waals surface area contributed by atoms with Gasteiger partial charge in [-0.3, -0.25) is 4.79 Å². The number of carbonyl (C=O) groups is 1. The van der Waals surface area contributed by atoms with Crippen molar-refractivity contribution in [3.05, 3.63) is 30.1 Å². The van der Waals surface area contributed by atoms with Crippen LogP contribution in [-0.4, -0.2) is 40.3 Å². The molecular formula is C13H16ClN3O. The van der Waals surface area contributed by atoms with Crippen LogP contribution in [0.1, 0.15) is 5.82 Å². The summed E-state index contributed by atoms with van der Waals surface area (Å²) >= 11 is 5.79. The second-order valence-corrected chi connectivity index (χ2v) is 4.71. The van der Waals surface area contributed by atoms with E-state index >= 15 is 0 Å². The highest BCUT2D eigenvalue weighted by atomic mass is 35.5. The van der Waals surface area contributed by atoms with Crippen molar-refractivity contribution >= 4 is 28.5 Å². The zero-order chi connectivity index (χ0) is 13.1. The van der Waals surface area contributed by atoms with Gasteiger partial charge in [0.05, 0.1) is 11.0 Å². The van der Waals surface area contributed by atoms with E-state index in [9.17, 15) is 4.79 Å². The van der Waals surface area contributed by atoms with E-state index in [4.69, 9.17) is 11.6 Å². The first-order chi connectivity index (χ1) is 8.63. The van der Waals surface area contributed by atoms with Gasteiger partial charge in [-0.15, -0.1) is 11.6 Å². The van der Waals surface area contributed by atoms with Crippen LogP contribution in [0.25, 0.3) is 11.0 Å². The Bertz CT molecular complexity index is 562. The topological polar surface area (TPSA) is 38.1 Å². The molecule has 1 aromatic carbocycles. The van der Waals surface area contributed by atoms with Crippen molar-refractivity contribution in [2.24, 2.45) is 0 Å². The molecule has 0 atom stereocenters. The maximum Gasteiger partial charge on any atom is 0.242 e. The van der Waals surface area contributed by atoms with Crippen LogP contribution in [0.15, 0.2) is 24.3 Å². The van der Waals surface area contributed by atoms with Gasteiger partial charge in [-0.25, -0.2) is 4.98 Å². The van der Waals surface area contributed by atoms with Crippen LogP contribution in [0.3, 0.4) is 0 Å². The Morgan fingerprint density at radius 1 is 1.39 bits per heavy atom. The number of amides is 1. The highest BCUT2D eigenvalue weighted by Crippen LogP contribution is 2.16. The van der Waals surface area contributed by atoms with Gasteiger partial charge in [0, 0.05) is 26.4 Å². The Balaban J connectivity index is 2.44. The zero-order valence-corrected chi connectivity index (χ0v) is 11.3. The van der Waals surface area contributed by atoms with Crippen molar-refractivity contribution in [3.8, 4) is 0 Å². The van der Waals surface area contributed by atoms with E-state index in [-0.39, 0.29) is 5.91 Å². The third-order valence-corrected chi connectivity index (χ3v) is 3.03. The van der Waals surface area contributed by atoms with E-state index in [1.165, 1.54) is 0 Å². The summed E-state index contributed by atoms with van der Waals surface area (Å²) in [4.78, 5) is 18.0. The third-order valence-electron chi connectivity index (χ3n) is 2.84. The second kappa shape index (κ2) is 5.40. The number of carbonyl (C=O) groups excluding carboxylic acids is 1. The predicted octanol–water partition coefficient (Wildman–Crippen LogP) is 1.91. The molecule has 0 spiro atoms. The number of alkyl halides is 1. The Morgan fingerprint density at radius 3 is 2.78 bits per heavy atom. The number of hydrogen-bond acceptors (Lipinski definition) is 2. The number of aryl methyl sites for hydroxylation is 1. The van der Waals surface area contributed by atoms with Gasteiger partial charge in [0.2, 0.25) is 5.91 Å². The molecule has 0 aliphatic carbocycles. The summed E-state index contributed by atoms with van der Waals surface area (Å²) in [6, 6.07) is 7.82. The number of imidazole rings is 1. The monoisotopic (exact) mass is 265 g/mol. The molecule has 1 heterocycles. The lowest BCUT2D eigenvalue weighted by Crippen LogP contribution is -2.27. The lowest BCUT2D eigenvalue weighted by Gasteiger charge is -2.13. The van der Waals surface area contributed by atoms with Gasteiger partial charge < -0.3 is 9.47 Å². The number of para-hydroxylation sites is 2. The molecule has 1 amide bonds. The number of halogens is 1. The summed E-state index contributed by atoms with van der Waals surface area (Å²) in [5.74, 6) is 1.41. The molecule has 96 valence electrons. The fraction of sp³-hybridized carbons (Fsp3) is 0.385. The van der Waals surface area contributed by atoms with Crippen LogP contribution in [-0.2, 0) is 17.8 Å². The Labute approximate surface area is 111 Å². The number of hydrogen-bond donors (Lipinski definition) is 0. The molecule has 0 aliphatic rings. The molecule has 5 heteroatoms. The van der Waals surface area contributed by atoms with E-state index in [2.05, 4.69) is 4.98 Å². The molecule has 2 rings (SSSR count). The Hall–Kier alpha value is -1.55. The molecule has 0 aliphatic heterocycles. The third kappa shape index (κ3) is 2.48. The number of aromatic nitrogens is 2. The van der Waals surface area contributed by atoms with Gasteiger partial charge in [0.15, 0.2) is 0 Å². The maximum absolute atomic E-state index is 11.9. The van der Waals surface area contributed by atoms with Crippen molar-refractivity contribution in [3.63, 3.8) is 0 Å². The van der Waals surface area contributed by atoms with Crippen molar-refractivity contribution in [2.45, 2.75) is 13.0 Å². The molecule has 18 heavy (non-hydrogen) atoms. The number of nitrogens with zero attached hydrogens (tertiary/aromatic N) is 3. The number of fused-ring (bicyclic) bond motifs is 1. The van der Waals surface area contributed by atoms with Crippen LogP contribution in [0.5, 0.6) is 0 Å². The van der Waals surface area contributed by atoms with Crippen LogP contribution >= 0.6 is 11.6 Å². The molecule has 0 fully saturated rings. The van der Waals surface area contributed by atoms with E-state index < -0.39 is 0 Å². The van der Waals surface area contributed by atoms with E-state index in [1.807, 2.05) is 28.8 Å². The van der Waals surface area contributed by atoms with E-state index in [1.54, 1.807) is 19.0 Å². The first-order valence-electron chi connectivity index (χ1n) is 5.83. The highest BCUT2D eigenvalue weighted by Gasteiger charge is 2.13. The van der Waals surface area contributed by atoms with Gasteiger partial charge >= 0.3 is 0 Å². The minimum Gasteiger partial charge on any atom is -0.347 e. The molecule has 0 unspecified atom stereocenters. The SMILES string of the molecule is CN(C)C(=O)Cn1c(CCCl)nc2ccccc21. The van der Waals surface area contributed by atoms with E-state index in [0.717, 1.165) is 16.9 Å². The van der Waals surface area contributed by atoms with Crippen LogP contribution in [0, 0.1) is 0 Å². The highest BCUT2D eigenvalue weighted by molar-refractivity contribution is 6.17. The second-order valence-electron chi connectivity index (χ2n) is 4.33. The smallest absolute Gasteiger partial charge is 0.242 e. The Kier molecular flexibility index (Phi) is 3.87. The molecule has 0 bridgehead atoms. The average Bonchev–Trinajstić information content (AvgIpc) is 2.68. The van der Waals surface area contributed by atoms with E-state index in [0.29, 0.717) is 18.8 Å². The lowest BCUT2D eigenvalue weighted by atomic mass is 10.3. The Morgan fingerprint density at radius 2 is 2.11 bits per heavy atom. The summed E-state index contributed by atoms with van der Waals surface area (Å²) < 4.78 is 1.94. The minimum absolute atomic E-state index is 0.0500. The van der Waals surface area contributed by atoms with Gasteiger partial charge in [-0.2, -0.15) is 0 Å². The van der Waals surface area contributed by atoms with Crippen molar-refractivity contribution < 1.29 is 4.79 Å². The fourth-order valence-corrected chi connectivity index (χ4v) is 2.02. The van der Waals surface area contributed by atoms with Gasteiger partial charge in [0.1, 0.15) is 12.4 Å². The summed E-state index contributed by atoms with van der Waals surface area (Å²) in [6.07, 6.45) is 0.664. The number of rotatable bonds is 4. The van der Waals surface area contributed by atoms with Gasteiger partial charge in [0.25, 0.3) is 0 Å². The largest absolute Gasteiger partial charge is 0.347 e. The molecule has 2 aromatic rings. The van der Waals surface area contributed by atoms with Crippen molar-refractivity contribution in [1.29, 1.82) is 0 Å². The first kappa shape index (κ1) is 12.9. The van der Waals surface area contributed by atoms with Gasteiger partial charge in [-0.1, -0.05) is 12.1 Å². The summed E-state index contributed by atoms with van der Waals surface area (Å²) in [5.41, 5.74) is 1.89. The molecule has 0 N–H and O–H groups in total. The standard InChI is InChI=1S/C13H16ClN3O/c1-16(2)13(18)9-17-11-6-4-3-5-10(11)15-12(17)7-8-14/h3-6H,7-9H2,1-2H3. The zero-order valence-electron chi connectivity index (χ0n) is 10.6. The molecular weight excluding hydrogens is 250 g/mol. The predicted molar refractivity (Wildman–Crippen MR) is 72.9 cm³/mol. The first-order valence-corrected chi connectivity index (χ1v) is 6.37. The molecule has 0 radical (unpaired) electrons. The summed E-state index contributed by atoms with van der Waals surface area (Å²) in [5, 5.41) is 0. The maximum atomic E-state index is 11.9.